The lowest BCUT2D eigenvalue weighted by molar-refractivity contribution is -0.000372. The van der Waals surface area contributed by atoms with Crippen molar-refractivity contribution in [2.24, 2.45) is 21.1 Å². The average Bonchev–Trinajstić information content (AvgIpc) is 3.26. The summed E-state index contributed by atoms with van der Waals surface area (Å²) in [5.74, 6) is 0.452. The molecule has 7 heteroatoms. The summed E-state index contributed by atoms with van der Waals surface area (Å²) < 4.78 is 32.5. The van der Waals surface area contributed by atoms with Gasteiger partial charge in [-0.1, -0.05) is 12.1 Å². The van der Waals surface area contributed by atoms with Crippen LogP contribution in [-0.2, 0) is 16.8 Å². The zero-order chi connectivity index (χ0) is 23.4. The molecule has 0 radical (unpaired) electrons. The SMILES string of the molecule is COC1CCC2(CC1)Cc1ccc(-c3cc(C#N)cc(C(F)F)c3)cc1C21N=C(C)C(N)=N1. The molecule has 5 rings (SSSR count). The molecule has 1 unspecified atom stereocenters. The smallest absolute Gasteiger partial charge is 0.263 e. The van der Waals surface area contributed by atoms with Crippen LogP contribution in [0.5, 0.6) is 0 Å². The first-order chi connectivity index (χ1) is 15.8. The van der Waals surface area contributed by atoms with Gasteiger partial charge in [-0.05, 0) is 80.0 Å². The van der Waals surface area contributed by atoms with Gasteiger partial charge in [0, 0.05) is 23.7 Å². The monoisotopic (exact) mass is 448 g/mol. The van der Waals surface area contributed by atoms with Crippen LogP contribution >= 0.6 is 0 Å². The Balaban J connectivity index is 1.65. The number of nitriles is 1. The third kappa shape index (κ3) is 3.27. The molecular formula is C26H26F2N4O. The number of alkyl halides is 2. The molecule has 0 bridgehead atoms. The molecule has 5 nitrogen and oxygen atoms in total. The summed E-state index contributed by atoms with van der Waals surface area (Å²) in [5.41, 5.74) is 9.54. The number of rotatable bonds is 3. The summed E-state index contributed by atoms with van der Waals surface area (Å²) in [4.78, 5) is 10.0. The number of benzene rings is 2. The Hall–Kier alpha value is -3.11. The first-order valence-electron chi connectivity index (χ1n) is 11.2. The van der Waals surface area contributed by atoms with Gasteiger partial charge in [-0.25, -0.2) is 13.8 Å². The Bertz CT molecular complexity index is 1200. The van der Waals surface area contributed by atoms with Crippen molar-refractivity contribution in [1.29, 1.82) is 5.26 Å². The van der Waals surface area contributed by atoms with Gasteiger partial charge in [-0.3, -0.25) is 4.99 Å². The first-order valence-corrected chi connectivity index (χ1v) is 11.2. The molecule has 0 amide bonds. The number of methoxy groups -OCH3 is 1. The zero-order valence-electron chi connectivity index (χ0n) is 18.7. The maximum absolute atomic E-state index is 13.5. The molecule has 2 N–H and O–H groups in total. The standard InChI is InChI=1S/C26H26F2N4O/c1-15-24(30)32-26(31-15)22-12-17(19-9-16(14-29)10-20(11-19)23(27)28)3-4-18(22)13-25(26)7-5-21(33-2)6-8-25/h3-4,9-12,21,23H,5-8,13H2,1-2H3,(H2,30,32). The normalized spacial score (nSPS) is 28.2. The summed E-state index contributed by atoms with van der Waals surface area (Å²) in [6.07, 6.45) is 2.14. The molecule has 1 fully saturated rings. The van der Waals surface area contributed by atoms with E-state index < -0.39 is 12.1 Å². The third-order valence-corrected chi connectivity index (χ3v) is 7.63. The Kier molecular flexibility index (Phi) is 5.09. The molecule has 2 aromatic rings. The first kappa shape index (κ1) is 21.7. The van der Waals surface area contributed by atoms with Crippen molar-refractivity contribution in [2.45, 2.75) is 57.2 Å². The molecule has 2 spiro atoms. The molecule has 2 aliphatic carbocycles. The van der Waals surface area contributed by atoms with Gasteiger partial charge < -0.3 is 10.5 Å². The molecule has 0 saturated heterocycles. The van der Waals surface area contributed by atoms with Crippen LogP contribution in [0.1, 0.15) is 61.3 Å². The zero-order valence-corrected chi connectivity index (χ0v) is 18.7. The van der Waals surface area contributed by atoms with Gasteiger partial charge in [0.05, 0.1) is 23.4 Å². The molecule has 1 heterocycles. The summed E-state index contributed by atoms with van der Waals surface area (Å²) in [5, 5.41) is 9.35. The fraction of sp³-hybridized carbons (Fsp3) is 0.423. The Morgan fingerprint density at radius 3 is 2.48 bits per heavy atom. The van der Waals surface area contributed by atoms with Crippen molar-refractivity contribution in [3.05, 3.63) is 58.7 Å². The maximum Gasteiger partial charge on any atom is 0.263 e. The predicted molar refractivity (Wildman–Crippen MR) is 123 cm³/mol. The molecule has 3 aliphatic rings. The van der Waals surface area contributed by atoms with E-state index >= 15 is 0 Å². The van der Waals surface area contributed by atoms with Gasteiger partial charge in [-0.15, -0.1) is 0 Å². The Morgan fingerprint density at radius 1 is 1.12 bits per heavy atom. The van der Waals surface area contributed by atoms with E-state index in [1.807, 2.05) is 25.1 Å². The molecule has 2 aromatic carbocycles. The number of fused-ring (bicyclic) bond motifs is 3. The minimum atomic E-state index is -2.65. The van der Waals surface area contributed by atoms with E-state index in [-0.39, 0.29) is 22.6 Å². The highest BCUT2D eigenvalue weighted by atomic mass is 19.3. The van der Waals surface area contributed by atoms with Gasteiger partial charge in [-0.2, -0.15) is 5.26 Å². The highest BCUT2D eigenvalue weighted by molar-refractivity contribution is 6.41. The van der Waals surface area contributed by atoms with Gasteiger partial charge in [0.2, 0.25) is 0 Å². The summed E-state index contributed by atoms with van der Waals surface area (Å²) >= 11 is 0. The number of nitrogens with zero attached hydrogens (tertiary/aromatic N) is 3. The maximum atomic E-state index is 13.5. The highest BCUT2D eigenvalue weighted by Gasteiger charge is 2.60. The molecule has 33 heavy (non-hydrogen) atoms. The van der Waals surface area contributed by atoms with Crippen LogP contribution < -0.4 is 5.73 Å². The minimum absolute atomic E-state index is 0.161. The second kappa shape index (κ2) is 7.74. The summed E-state index contributed by atoms with van der Waals surface area (Å²) in [6.45, 7) is 1.88. The second-order valence-corrected chi connectivity index (χ2v) is 9.39. The molecule has 1 atom stereocenters. The summed E-state index contributed by atoms with van der Waals surface area (Å²) in [7, 11) is 1.76. The second-order valence-electron chi connectivity index (χ2n) is 9.39. The summed E-state index contributed by atoms with van der Waals surface area (Å²) in [6, 6.07) is 12.3. The fourth-order valence-electron chi connectivity index (χ4n) is 5.86. The molecular weight excluding hydrogens is 422 g/mol. The van der Waals surface area contributed by atoms with Gasteiger partial charge >= 0.3 is 0 Å². The van der Waals surface area contributed by atoms with E-state index in [0.717, 1.165) is 54.5 Å². The lowest BCUT2D eigenvalue weighted by Crippen LogP contribution is -2.43. The number of hydrogen-bond donors (Lipinski definition) is 1. The van der Waals surface area contributed by atoms with Crippen molar-refractivity contribution in [3.63, 3.8) is 0 Å². The predicted octanol–water partition coefficient (Wildman–Crippen LogP) is 5.28. The largest absolute Gasteiger partial charge is 0.382 e. The topological polar surface area (TPSA) is 83.8 Å². The number of hydrogen-bond acceptors (Lipinski definition) is 5. The van der Waals surface area contributed by atoms with Crippen LogP contribution in [0.4, 0.5) is 8.78 Å². The number of nitrogens with two attached hydrogens (primary N) is 1. The van der Waals surface area contributed by atoms with Gasteiger partial charge in [0.1, 0.15) is 5.84 Å². The van der Waals surface area contributed by atoms with E-state index in [2.05, 4.69) is 6.07 Å². The molecule has 1 aliphatic heterocycles. The molecule has 0 aromatic heterocycles. The molecule has 1 saturated carbocycles. The fourth-order valence-corrected chi connectivity index (χ4v) is 5.86. The number of ether oxygens (including phenoxy) is 1. The number of aliphatic imine (C=N–C) groups is 2. The van der Waals surface area contributed by atoms with Gasteiger partial charge in [0.15, 0.2) is 5.66 Å². The lowest BCUT2D eigenvalue weighted by Gasteiger charge is -2.44. The van der Waals surface area contributed by atoms with E-state index in [9.17, 15) is 14.0 Å². The minimum Gasteiger partial charge on any atom is -0.382 e. The van der Waals surface area contributed by atoms with Crippen LogP contribution in [0, 0.1) is 16.7 Å². The van der Waals surface area contributed by atoms with Gasteiger partial charge in [0.25, 0.3) is 6.43 Å². The van der Waals surface area contributed by atoms with Crippen molar-refractivity contribution >= 4 is 11.5 Å². The van der Waals surface area contributed by atoms with Crippen LogP contribution in [0.15, 0.2) is 46.4 Å². The van der Waals surface area contributed by atoms with Crippen molar-refractivity contribution in [3.8, 4) is 17.2 Å². The Labute approximate surface area is 192 Å². The van der Waals surface area contributed by atoms with Crippen molar-refractivity contribution in [2.75, 3.05) is 7.11 Å². The van der Waals surface area contributed by atoms with Crippen LogP contribution in [0.2, 0.25) is 0 Å². The van der Waals surface area contributed by atoms with E-state index in [0.29, 0.717) is 11.4 Å². The van der Waals surface area contributed by atoms with Crippen LogP contribution in [-0.4, -0.2) is 24.8 Å². The number of halogens is 2. The van der Waals surface area contributed by atoms with Crippen LogP contribution in [0.3, 0.4) is 0 Å². The van der Waals surface area contributed by atoms with Crippen LogP contribution in [0.25, 0.3) is 11.1 Å². The quantitative estimate of drug-likeness (QED) is 0.693. The van der Waals surface area contributed by atoms with E-state index in [1.54, 1.807) is 13.2 Å². The third-order valence-electron chi connectivity index (χ3n) is 7.63. The lowest BCUT2D eigenvalue weighted by atomic mass is 9.65. The Morgan fingerprint density at radius 2 is 1.88 bits per heavy atom. The highest BCUT2D eigenvalue weighted by Crippen LogP contribution is 2.62. The van der Waals surface area contributed by atoms with E-state index in [4.69, 9.17) is 20.5 Å². The molecule has 170 valence electrons. The number of amidine groups is 1. The average molecular weight is 449 g/mol. The van der Waals surface area contributed by atoms with E-state index in [1.165, 1.54) is 12.1 Å². The van der Waals surface area contributed by atoms with Crippen molar-refractivity contribution in [1.82, 2.24) is 0 Å². The van der Waals surface area contributed by atoms with Crippen molar-refractivity contribution < 1.29 is 13.5 Å².